The number of halogens is 3. The Morgan fingerprint density at radius 3 is 2.52 bits per heavy atom. The summed E-state index contributed by atoms with van der Waals surface area (Å²) in [5.41, 5.74) is 5.48. The highest BCUT2D eigenvalue weighted by molar-refractivity contribution is 5.92. The number of nitrogen functional groups attached to an aromatic ring is 1. The third-order valence-electron chi connectivity index (χ3n) is 2.59. The minimum absolute atomic E-state index is 0.290. The highest BCUT2D eigenvalue weighted by Crippen LogP contribution is 2.21. The fourth-order valence-electron chi connectivity index (χ4n) is 1.56. The van der Waals surface area contributed by atoms with Gasteiger partial charge in [-0.1, -0.05) is 12.1 Å². The van der Waals surface area contributed by atoms with Crippen molar-refractivity contribution in [1.29, 1.82) is 0 Å². The first-order valence-electron chi connectivity index (χ1n) is 5.89. The number of anilines is 2. The minimum atomic E-state index is -1.65. The Morgan fingerprint density at radius 2 is 1.81 bits per heavy atom. The van der Waals surface area contributed by atoms with Crippen LogP contribution in [0.4, 0.5) is 24.5 Å². The highest BCUT2D eigenvalue weighted by Gasteiger charge is 2.15. The van der Waals surface area contributed by atoms with Crippen molar-refractivity contribution in [2.45, 2.75) is 0 Å². The topological polar surface area (TPSA) is 64.3 Å². The van der Waals surface area contributed by atoms with E-state index >= 15 is 0 Å². The van der Waals surface area contributed by atoms with Gasteiger partial charge < -0.3 is 15.8 Å². The van der Waals surface area contributed by atoms with Crippen molar-refractivity contribution < 1.29 is 22.7 Å². The van der Waals surface area contributed by atoms with Gasteiger partial charge in [0.2, 0.25) is 0 Å². The normalized spacial score (nSPS) is 10.2. The van der Waals surface area contributed by atoms with E-state index < -0.39 is 35.7 Å². The number of benzene rings is 2. The fraction of sp³-hybridized carbons (Fsp3) is 0.0714. The van der Waals surface area contributed by atoms with Crippen LogP contribution in [-0.4, -0.2) is 12.5 Å². The average molecular weight is 296 g/mol. The Morgan fingerprint density at radius 1 is 1.10 bits per heavy atom. The van der Waals surface area contributed by atoms with E-state index in [4.69, 9.17) is 10.5 Å². The van der Waals surface area contributed by atoms with Crippen LogP contribution in [0, 0.1) is 17.5 Å². The molecule has 0 unspecified atom stereocenters. The van der Waals surface area contributed by atoms with Crippen LogP contribution >= 0.6 is 0 Å². The predicted octanol–water partition coefficient (Wildman–Crippen LogP) is 2.70. The standard InChI is InChI=1S/C14H11F3N2O2/c15-8-5-6-10(14(17)13(8)16)19-12(20)7-21-11-4-2-1-3-9(11)18/h1-6H,7,18H2,(H,19,20). The molecule has 0 atom stereocenters. The third-order valence-corrected chi connectivity index (χ3v) is 2.59. The van der Waals surface area contributed by atoms with Crippen LogP contribution in [0.3, 0.4) is 0 Å². The van der Waals surface area contributed by atoms with Crippen molar-refractivity contribution in [3.05, 3.63) is 53.8 Å². The fourth-order valence-corrected chi connectivity index (χ4v) is 1.56. The van der Waals surface area contributed by atoms with E-state index in [0.29, 0.717) is 17.5 Å². The molecule has 0 aliphatic heterocycles. The molecule has 0 aromatic heterocycles. The number of ether oxygens (including phenoxy) is 1. The molecule has 0 bridgehead atoms. The molecule has 0 aliphatic carbocycles. The van der Waals surface area contributed by atoms with Gasteiger partial charge in [0.15, 0.2) is 24.1 Å². The summed E-state index contributed by atoms with van der Waals surface area (Å²) in [6, 6.07) is 8.13. The highest BCUT2D eigenvalue weighted by atomic mass is 19.2. The van der Waals surface area contributed by atoms with Crippen molar-refractivity contribution in [3.8, 4) is 5.75 Å². The summed E-state index contributed by atoms with van der Waals surface area (Å²) in [6.07, 6.45) is 0. The van der Waals surface area contributed by atoms with Gasteiger partial charge in [0.05, 0.1) is 11.4 Å². The quantitative estimate of drug-likeness (QED) is 0.673. The number of hydrogen-bond donors (Lipinski definition) is 2. The molecule has 1 amide bonds. The van der Waals surface area contributed by atoms with E-state index in [0.717, 1.165) is 6.07 Å². The molecular weight excluding hydrogens is 285 g/mol. The van der Waals surface area contributed by atoms with E-state index in [1.165, 1.54) is 0 Å². The number of para-hydroxylation sites is 2. The summed E-state index contributed by atoms with van der Waals surface area (Å²) >= 11 is 0. The van der Waals surface area contributed by atoms with Gasteiger partial charge in [0.25, 0.3) is 5.91 Å². The summed E-state index contributed by atoms with van der Waals surface area (Å²) in [4.78, 5) is 11.6. The predicted molar refractivity (Wildman–Crippen MR) is 71.3 cm³/mol. The monoisotopic (exact) mass is 296 g/mol. The molecule has 110 valence electrons. The second-order valence-electron chi connectivity index (χ2n) is 4.10. The molecule has 0 fully saturated rings. The lowest BCUT2D eigenvalue weighted by molar-refractivity contribution is -0.118. The zero-order valence-electron chi connectivity index (χ0n) is 10.7. The lowest BCUT2D eigenvalue weighted by Crippen LogP contribution is -2.21. The summed E-state index contributed by atoms with van der Waals surface area (Å²) in [5, 5.41) is 2.08. The van der Waals surface area contributed by atoms with Crippen LogP contribution in [-0.2, 0) is 4.79 Å². The Labute approximate surface area is 118 Å². The molecule has 0 aliphatic rings. The van der Waals surface area contributed by atoms with Crippen LogP contribution < -0.4 is 15.8 Å². The van der Waals surface area contributed by atoms with E-state index in [-0.39, 0.29) is 0 Å². The molecule has 2 aromatic carbocycles. The van der Waals surface area contributed by atoms with Gasteiger partial charge in [-0.05, 0) is 24.3 Å². The van der Waals surface area contributed by atoms with Crippen LogP contribution in [0.15, 0.2) is 36.4 Å². The van der Waals surface area contributed by atoms with Crippen molar-refractivity contribution in [1.82, 2.24) is 0 Å². The second-order valence-corrected chi connectivity index (χ2v) is 4.10. The van der Waals surface area contributed by atoms with Crippen LogP contribution in [0.25, 0.3) is 0 Å². The maximum Gasteiger partial charge on any atom is 0.262 e. The van der Waals surface area contributed by atoms with Gasteiger partial charge in [-0.15, -0.1) is 0 Å². The van der Waals surface area contributed by atoms with Crippen LogP contribution in [0.2, 0.25) is 0 Å². The molecular formula is C14H11F3N2O2. The Balaban J connectivity index is 2.00. The Hall–Kier alpha value is -2.70. The van der Waals surface area contributed by atoms with Crippen molar-refractivity contribution >= 4 is 17.3 Å². The summed E-state index contributed by atoms with van der Waals surface area (Å²) in [5.74, 6) is -4.90. The smallest absolute Gasteiger partial charge is 0.262 e. The number of rotatable bonds is 4. The first-order valence-corrected chi connectivity index (χ1v) is 5.89. The molecule has 0 radical (unpaired) electrons. The van der Waals surface area contributed by atoms with E-state index in [9.17, 15) is 18.0 Å². The van der Waals surface area contributed by atoms with Crippen molar-refractivity contribution in [3.63, 3.8) is 0 Å². The summed E-state index contributed by atoms with van der Waals surface area (Å²) < 4.78 is 44.2. The maximum atomic E-state index is 13.4. The first-order chi connectivity index (χ1) is 9.99. The van der Waals surface area contributed by atoms with E-state index in [1.54, 1.807) is 24.3 Å². The van der Waals surface area contributed by atoms with E-state index in [2.05, 4.69) is 5.32 Å². The molecule has 0 heterocycles. The van der Waals surface area contributed by atoms with Gasteiger partial charge in [-0.3, -0.25) is 4.79 Å². The van der Waals surface area contributed by atoms with E-state index in [1.807, 2.05) is 0 Å². The number of nitrogens with one attached hydrogen (secondary N) is 1. The molecule has 7 heteroatoms. The second kappa shape index (κ2) is 6.17. The minimum Gasteiger partial charge on any atom is -0.482 e. The lowest BCUT2D eigenvalue weighted by atomic mass is 10.2. The Kier molecular flexibility index (Phi) is 4.32. The van der Waals surface area contributed by atoms with Gasteiger partial charge in [-0.25, -0.2) is 13.2 Å². The first kappa shape index (κ1) is 14.7. The zero-order chi connectivity index (χ0) is 15.4. The number of carbonyl (C=O) groups excluding carboxylic acids is 1. The molecule has 2 rings (SSSR count). The zero-order valence-corrected chi connectivity index (χ0v) is 10.7. The molecule has 0 spiro atoms. The van der Waals surface area contributed by atoms with Crippen LogP contribution in [0.5, 0.6) is 5.75 Å². The van der Waals surface area contributed by atoms with Gasteiger partial charge in [0, 0.05) is 0 Å². The Bertz CT molecular complexity index is 677. The largest absolute Gasteiger partial charge is 0.482 e. The molecule has 0 saturated heterocycles. The number of hydrogen-bond acceptors (Lipinski definition) is 3. The average Bonchev–Trinajstić information content (AvgIpc) is 2.47. The van der Waals surface area contributed by atoms with Gasteiger partial charge >= 0.3 is 0 Å². The SMILES string of the molecule is Nc1ccccc1OCC(=O)Nc1ccc(F)c(F)c1F. The molecule has 3 N–H and O–H groups in total. The number of amides is 1. The number of carbonyl (C=O) groups is 1. The third kappa shape index (κ3) is 3.44. The number of nitrogens with two attached hydrogens (primary N) is 1. The van der Waals surface area contributed by atoms with Crippen molar-refractivity contribution in [2.24, 2.45) is 0 Å². The van der Waals surface area contributed by atoms with Gasteiger partial charge in [0.1, 0.15) is 5.75 Å². The van der Waals surface area contributed by atoms with Crippen molar-refractivity contribution in [2.75, 3.05) is 17.7 Å². The molecule has 21 heavy (non-hydrogen) atoms. The summed E-state index contributed by atoms with van der Waals surface area (Å²) in [7, 11) is 0. The molecule has 4 nitrogen and oxygen atoms in total. The lowest BCUT2D eigenvalue weighted by Gasteiger charge is -2.10. The summed E-state index contributed by atoms with van der Waals surface area (Å²) in [6.45, 7) is -0.452. The molecule has 0 saturated carbocycles. The van der Waals surface area contributed by atoms with Crippen LogP contribution in [0.1, 0.15) is 0 Å². The maximum absolute atomic E-state index is 13.4. The molecule has 2 aromatic rings. The van der Waals surface area contributed by atoms with Gasteiger partial charge in [-0.2, -0.15) is 0 Å².